The Labute approximate surface area is 556 Å². The third-order valence-corrected chi connectivity index (χ3v) is 27.0. The highest BCUT2D eigenvalue weighted by Crippen LogP contribution is 2.71. The highest BCUT2D eigenvalue weighted by Gasteiger charge is 2.64. The van der Waals surface area contributed by atoms with Gasteiger partial charge in [0, 0.05) is 32.0 Å². The molecule has 0 aliphatic heterocycles. The summed E-state index contributed by atoms with van der Waals surface area (Å²) in [5.41, 5.74) is -0.594. The zero-order valence-electron chi connectivity index (χ0n) is 58.2. The maximum Gasteiger partial charge on any atom is 0.284 e. The molecule has 0 saturated heterocycles. The van der Waals surface area contributed by atoms with Crippen molar-refractivity contribution < 1.29 is 17.6 Å². The van der Waals surface area contributed by atoms with Gasteiger partial charge in [-0.1, -0.05) is 364 Å². The topological polar surface area (TPSA) is 0 Å². The lowest BCUT2D eigenvalue weighted by atomic mass is 9.62. The number of thiophene rings is 4. The molecule has 0 saturated carbocycles. The van der Waals surface area contributed by atoms with Crippen LogP contribution in [-0.4, -0.2) is 0 Å². The van der Waals surface area contributed by atoms with E-state index < -0.39 is 22.7 Å². The van der Waals surface area contributed by atoms with E-state index in [-0.39, 0.29) is 23.0 Å². The van der Waals surface area contributed by atoms with E-state index in [1.54, 1.807) is 45.3 Å². The van der Waals surface area contributed by atoms with Crippen molar-refractivity contribution in [3.63, 3.8) is 0 Å². The number of alkyl halides is 4. The molecule has 0 amide bonds. The van der Waals surface area contributed by atoms with E-state index in [0.717, 1.165) is 127 Å². The van der Waals surface area contributed by atoms with Gasteiger partial charge in [-0.15, -0.1) is 45.3 Å². The normalized spacial score (nSPS) is 15.5. The molecule has 0 bridgehead atoms. The molecular weight excluding hydrogens is 1170 g/mol. The average molecular weight is 1300 g/mol. The van der Waals surface area contributed by atoms with Gasteiger partial charge in [-0.25, -0.2) is 17.6 Å². The highest BCUT2D eigenvalue weighted by atomic mass is 32.1. The van der Waals surface area contributed by atoms with Crippen molar-refractivity contribution in [3.05, 3.63) is 44.1 Å². The van der Waals surface area contributed by atoms with Crippen LogP contribution >= 0.6 is 45.3 Å². The standard InChI is InChI=1S/C80H132F4S4/c1-9-13-17-21-25-29-33-37-41-45-49-53-57-77(58-54-50-46-42-38-34-30-26-22-18-14-10-2)69-73(71-65(79(77,81)82)61-67(85-71)63(5)6)87-76-70-74(88-75(69)76)72-66(62-68(86-72)64(7)8)80(83,84)78(70,59-55-51-47-43-39-35-31-27-23-19-15-11-3)60-56-52-48-44-40-36-32-28-24-20-16-12-4/h61-64H,9-60H2,1-8H3. The summed E-state index contributed by atoms with van der Waals surface area (Å²) in [6, 6.07) is 3.81. The van der Waals surface area contributed by atoms with Crippen LogP contribution in [0.5, 0.6) is 0 Å². The van der Waals surface area contributed by atoms with Crippen molar-refractivity contribution in [2.24, 2.45) is 0 Å². The van der Waals surface area contributed by atoms with Gasteiger partial charge in [-0.3, -0.25) is 0 Å². The summed E-state index contributed by atoms with van der Waals surface area (Å²) in [6.07, 6.45) is 59.6. The Hall–Kier alpha value is -1.22. The number of fused-ring (bicyclic) bond motifs is 9. The van der Waals surface area contributed by atoms with Gasteiger partial charge in [0.15, 0.2) is 0 Å². The van der Waals surface area contributed by atoms with Crippen LogP contribution in [0.25, 0.3) is 28.9 Å². The molecule has 0 spiro atoms. The molecule has 4 heterocycles. The first-order valence-corrected chi connectivity index (χ1v) is 41.7. The molecule has 2 aliphatic rings. The summed E-state index contributed by atoms with van der Waals surface area (Å²) in [7, 11) is 0. The summed E-state index contributed by atoms with van der Waals surface area (Å²) >= 11 is 6.54. The van der Waals surface area contributed by atoms with Crippen LogP contribution in [0.15, 0.2) is 12.1 Å². The first kappa shape index (κ1) is 75.8. The molecule has 0 unspecified atom stereocenters. The van der Waals surface area contributed by atoms with E-state index in [1.807, 2.05) is 12.1 Å². The second kappa shape index (κ2) is 40.9. The van der Waals surface area contributed by atoms with Crippen LogP contribution in [-0.2, 0) is 22.7 Å². The van der Waals surface area contributed by atoms with Crippen molar-refractivity contribution in [2.75, 3.05) is 0 Å². The van der Waals surface area contributed by atoms with Gasteiger partial charge >= 0.3 is 0 Å². The van der Waals surface area contributed by atoms with Crippen LogP contribution in [0.1, 0.15) is 433 Å². The quantitative estimate of drug-likeness (QED) is 0.0305. The van der Waals surface area contributed by atoms with E-state index in [1.165, 1.54) is 231 Å². The first-order valence-electron chi connectivity index (χ1n) is 38.4. The van der Waals surface area contributed by atoms with Crippen LogP contribution in [0.2, 0.25) is 0 Å². The molecule has 0 atom stereocenters. The van der Waals surface area contributed by atoms with Gasteiger partial charge in [-0.05, 0) is 49.7 Å². The Balaban J connectivity index is 1.39. The van der Waals surface area contributed by atoms with Crippen molar-refractivity contribution in [1.82, 2.24) is 0 Å². The summed E-state index contributed by atoms with van der Waals surface area (Å²) in [6.45, 7) is 17.7. The maximum atomic E-state index is 19.1. The molecular formula is C80H132F4S4. The SMILES string of the molecule is CCCCCCCCCCCCCCC1(CCCCCCCCCCCCCC)c2c(sc3c4c(sc23)-c2sc(C(C)C)cc2C(F)(F)C4(CCCCCCCCCCCCCC)CCCCCCCCCCCCCC)-c2sc(C(C)C)cc2C1(F)F. The van der Waals surface area contributed by atoms with Crippen LogP contribution in [0.3, 0.4) is 0 Å². The fourth-order valence-corrected chi connectivity index (χ4v) is 21.6. The minimum Gasteiger partial charge on any atom is -0.200 e. The van der Waals surface area contributed by atoms with Gasteiger partial charge < -0.3 is 0 Å². The fourth-order valence-electron chi connectivity index (χ4n) is 15.6. The highest BCUT2D eigenvalue weighted by molar-refractivity contribution is 7.34. The Morgan fingerprint density at radius 1 is 0.273 bits per heavy atom. The summed E-state index contributed by atoms with van der Waals surface area (Å²) in [5.74, 6) is -5.93. The van der Waals surface area contributed by atoms with E-state index in [0.29, 0.717) is 25.7 Å². The van der Waals surface area contributed by atoms with Gasteiger partial charge in [0.2, 0.25) is 0 Å². The predicted octanol–water partition coefficient (Wildman–Crippen LogP) is 31.7. The lowest BCUT2D eigenvalue weighted by molar-refractivity contribution is -0.0973. The maximum absolute atomic E-state index is 19.1. The Morgan fingerprint density at radius 2 is 0.466 bits per heavy atom. The van der Waals surface area contributed by atoms with Crippen molar-refractivity contribution in [2.45, 2.75) is 424 Å². The average Bonchev–Trinajstić information content (AvgIpc) is 1.45. The smallest absolute Gasteiger partial charge is 0.200 e. The predicted molar refractivity (Wildman–Crippen MR) is 388 cm³/mol. The Morgan fingerprint density at radius 3 is 0.659 bits per heavy atom. The van der Waals surface area contributed by atoms with Crippen LogP contribution in [0.4, 0.5) is 17.6 Å². The Kier molecular flexibility index (Phi) is 35.2. The number of hydrogen-bond acceptors (Lipinski definition) is 4. The van der Waals surface area contributed by atoms with E-state index in [9.17, 15) is 0 Å². The minimum absolute atomic E-state index is 0.121. The zero-order valence-corrected chi connectivity index (χ0v) is 61.5. The molecule has 0 N–H and O–H groups in total. The van der Waals surface area contributed by atoms with Crippen LogP contribution in [0, 0.1) is 0 Å². The number of hydrogen-bond donors (Lipinski definition) is 0. The summed E-state index contributed by atoms with van der Waals surface area (Å²) < 4.78 is 78.4. The molecule has 8 heteroatoms. The lowest BCUT2D eigenvalue weighted by Crippen LogP contribution is -2.45. The molecule has 4 aromatic rings. The molecule has 0 nitrogen and oxygen atoms in total. The molecule has 0 radical (unpaired) electrons. The largest absolute Gasteiger partial charge is 0.284 e. The molecule has 0 aromatic carbocycles. The molecule has 504 valence electrons. The minimum atomic E-state index is -3.09. The molecule has 4 aromatic heterocycles. The lowest BCUT2D eigenvalue weighted by Gasteiger charge is -2.45. The van der Waals surface area contributed by atoms with E-state index in [4.69, 9.17) is 0 Å². The molecule has 88 heavy (non-hydrogen) atoms. The van der Waals surface area contributed by atoms with Crippen LogP contribution < -0.4 is 0 Å². The van der Waals surface area contributed by atoms with Gasteiger partial charge in [0.25, 0.3) is 11.8 Å². The summed E-state index contributed by atoms with van der Waals surface area (Å²) in [4.78, 5) is 5.52. The van der Waals surface area contributed by atoms with Crippen molar-refractivity contribution in [1.29, 1.82) is 0 Å². The number of halogens is 4. The monoisotopic (exact) mass is 1300 g/mol. The van der Waals surface area contributed by atoms with Gasteiger partial charge in [0.1, 0.15) is 0 Å². The van der Waals surface area contributed by atoms with Crippen molar-refractivity contribution >= 4 is 54.7 Å². The van der Waals surface area contributed by atoms with Crippen molar-refractivity contribution in [3.8, 4) is 19.5 Å². The third kappa shape index (κ3) is 20.9. The van der Waals surface area contributed by atoms with E-state index in [2.05, 4.69) is 55.4 Å². The first-order chi connectivity index (χ1) is 42.8. The second-order valence-corrected chi connectivity index (χ2v) is 33.4. The zero-order chi connectivity index (χ0) is 63.1. The summed E-state index contributed by atoms with van der Waals surface area (Å²) in [5, 5.41) is 0. The third-order valence-electron chi connectivity index (χ3n) is 21.2. The van der Waals surface area contributed by atoms with E-state index >= 15 is 17.6 Å². The second-order valence-electron chi connectivity index (χ2n) is 29.2. The fraction of sp³-hybridized carbons (Fsp3) is 0.825. The number of rotatable bonds is 54. The van der Waals surface area contributed by atoms with Gasteiger partial charge in [0.05, 0.1) is 39.7 Å². The van der Waals surface area contributed by atoms with Gasteiger partial charge in [-0.2, -0.15) is 0 Å². The Bertz CT molecular complexity index is 2240. The molecule has 0 fully saturated rings. The molecule has 6 rings (SSSR count). The molecule has 2 aliphatic carbocycles. The number of unbranched alkanes of at least 4 members (excludes halogenated alkanes) is 44.